The van der Waals surface area contributed by atoms with Crippen molar-refractivity contribution in [2.24, 2.45) is 5.92 Å². The molecule has 0 atom stereocenters. The monoisotopic (exact) mass is 339 g/mol. The van der Waals surface area contributed by atoms with Crippen molar-refractivity contribution < 1.29 is 9.59 Å². The molecule has 2 amide bonds. The molecule has 0 aliphatic carbocycles. The molecule has 1 N–H and O–H groups in total. The van der Waals surface area contributed by atoms with Gasteiger partial charge in [-0.15, -0.1) is 0 Å². The maximum Gasteiger partial charge on any atom is 0.255 e. The summed E-state index contributed by atoms with van der Waals surface area (Å²) >= 11 is 0. The Morgan fingerprint density at radius 1 is 1.12 bits per heavy atom. The van der Waals surface area contributed by atoms with Crippen LogP contribution in [0.2, 0.25) is 0 Å². The summed E-state index contributed by atoms with van der Waals surface area (Å²) in [5, 5.41) is 2.84. The Labute approximate surface area is 149 Å². The first-order chi connectivity index (χ1) is 12.0. The number of carbonyl (C=O) groups is 2. The smallest absolute Gasteiger partial charge is 0.255 e. The van der Waals surface area contributed by atoms with E-state index >= 15 is 0 Å². The largest absolute Gasteiger partial charge is 0.352 e. The number of hydrogen-bond donors (Lipinski definition) is 1. The molecule has 0 spiro atoms. The summed E-state index contributed by atoms with van der Waals surface area (Å²) in [4.78, 5) is 30.8. The van der Waals surface area contributed by atoms with Crippen LogP contribution in [0.15, 0.2) is 48.8 Å². The number of rotatable bonds is 7. The number of nitrogens with one attached hydrogen (secondary N) is 1. The highest BCUT2D eigenvalue weighted by molar-refractivity contribution is 5.99. The van der Waals surface area contributed by atoms with E-state index in [2.05, 4.69) is 10.3 Å². The van der Waals surface area contributed by atoms with E-state index < -0.39 is 0 Å². The van der Waals surface area contributed by atoms with Crippen LogP contribution >= 0.6 is 0 Å². The molecular formula is C20H25N3O2. The van der Waals surface area contributed by atoms with Crippen LogP contribution in [0.1, 0.15) is 47.1 Å². The Hall–Kier alpha value is -2.69. The predicted molar refractivity (Wildman–Crippen MR) is 98.3 cm³/mol. The number of amides is 2. The summed E-state index contributed by atoms with van der Waals surface area (Å²) < 4.78 is 0. The molecule has 1 aromatic heterocycles. The average molecular weight is 339 g/mol. The number of nitrogens with zero attached hydrogens (tertiary/aromatic N) is 2. The highest BCUT2D eigenvalue weighted by Gasteiger charge is 2.17. The number of carbonyl (C=O) groups excluding carboxylic acids is 2. The molecule has 1 aromatic carbocycles. The Morgan fingerprint density at radius 2 is 1.80 bits per heavy atom. The molecule has 25 heavy (non-hydrogen) atoms. The van der Waals surface area contributed by atoms with Crippen LogP contribution in [0.25, 0.3) is 0 Å². The zero-order chi connectivity index (χ0) is 18.2. The molecule has 5 nitrogen and oxygen atoms in total. The fraction of sp³-hybridized carbons (Fsp3) is 0.350. The van der Waals surface area contributed by atoms with Gasteiger partial charge in [0.25, 0.3) is 11.8 Å². The van der Waals surface area contributed by atoms with Gasteiger partial charge >= 0.3 is 0 Å². The molecule has 5 heteroatoms. The van der Waals surface area contributed by atoms with E-state index in [0.29, 0.717) is 36.7 Å². The summed E-state index contributed by atoms with van der Waals surface area (Å²) in [5.41, 5.74) is 1.90. The number of benzene rings is 1. The maximum absolute atomic E-state index is 12.8. The van der Waals surface area contributed by atoms with Gasteiger partial charge in [-0.25, -0.2) is 0 Å². The lowest BCUT2D eigenvalue weighted by Crippen LogP contribution is -2.31. The van der Waals surface area contributed by atoms with E-state index in [1.807, 2.05) is 51.1 Å². The minimum atomic E-state index is -0.207. The second kappa shape index (κ2) is 8.97. The van der Waals surface area contributed by atoms with Crippen molar-refractivity contribution in [2.45, 2.75) is 27.3 Å². The van der Waals surface area contributed by atoms with Crippen molar-refractivity contribution in [2.75, 3.05) is 13.1 Å². The van der Waals surface area contributed by atoms with Gasteiger partial charge in [-0.05, 0) is 24.5 Å². The lowest BCUT2D eigenvalue weighted by Gasteiger charge is -2.21. The average Bonchev–Trinajstić information content (AvgIpc) is 2.64. The first-order valence-electron chi connectivity index (χ1n) is 8.57. The summed E-state index contributed by atoms with van der Waals surface area (Å²) in [5.74, 6) is 0.0301. The van der Waals surface area contributed by atoms with E-state index in [1.165, 1.54) is 12.4 Å². The molecule has 2 aromatic rings. The van der Waals surface area contributed by atoms with Crippen molar-refractivity contribution in [3.05, 3.63) is 65.5 Å². The summed E-state index contributed by atoms with van der Waals surface area (Å²) in [6, 6.07) is 11.4. The van der Waals surface area contributed by atoms with Gasteiger partial charge in [0.2, 0.25) is 0 Å². The highest BCUT2D eigenvalue weighted by Crippen LogP contribution is 2.11. The molecular weight excluding hydrogens is 314 g/mol. The third kappa shape index (κ3) is 5.41. The Morgan fingerprint density at radius 3 is 2.44 bits per heavy atom. The second-order valence-corrected chi connectivity index (χ2v) is 6.37. The zero-order valence-corrected chi connectivity index (χ0v) is 15.0. The topological polar surface area (TPSA) is 62.3 Å². The Bertz CT molecular complexity index is 714. The van der Waals surface area contributed by atoms with Gasteiger partial charge in [0, 0.05) is 32.0 Å². The molecule has 0 bridgehead atoms. The van der Waals surface area contributed by atoms with E-state index in [1.54, 1.807) is 11.0 Å². The van der Waals surface area contributed by atoms with Crippen molar-refractivity contribution >= 4 is 11.8 Å². The number of aromatic nitrogens is 1. The van der Waals surface area contributed by atoms with E-state index in [4.69, 9.17) is 0 Å². The maximum atomic E-state index is 12.8. The highest BCUT2D eigenvalue weighted by atomic mass is 16.2. The van der Waals surface area contributed by atoms with Gasteiger partial charge in [0.05, 0.1) is 11.1 Å². The van der Waals surface area contributed by atoms with Crippen LogP contribution in [0, 0.1) is 5.92 Å². The minimum Gasteiger partial charge on any atom is -0.352 e. The Kier molecular flexibility index (Phi) is 6.69. The molecule has 0 fully saturated rings. The fourth-order valence-corrected chi connectivity index (χ4v) is 2.39. The quantitative estimate of drug-likeness (QED) is 0.843. The lowest BCUT2D eigenvalue weighted by atomic mass is 10.1. The van der Waals surface area contributed by atoms with E-state index in [9.17, 15) is 9.59 Å². The van der Waals surface area contributed by atoms with Gasteiger partial charge in [-0.3, -0.25) is 14.6 Å². The Balaban J connectivity index is 2.12. The van der Waals surface area contributed by atoms with Crippen LogP contribution in [0.4, 0.5) is 0 Å². The van der Waals surface area contributed by atoms with Crippen LogP contribution in [0.3, 0.4) is 0 Å². The summed E-state index contributed by atoms with van der Waals surface area (Å²) in [6.07, 6.45) is 3.00. The van der Waals surface area contributed by atoms with Gasteiger partial charge in [0.1, 0.15) is 0 Å². The predicted octanol–water partition coefficient (Wildman–Crippen LogP) is 3.13. The van der Waals surface area contributed by atoms with E-state index in [0.717, 1.165) is 5.56 Å². The second-order valence-electron chi connectivity index (χ2n) is 6.37. The van der Waals surface area contributed by atoms with Crippen LogP contribution < -0.4 is 5.32 Å². The normalized spacial score (nSPS) is 10.6. The van der Waals surface area contributed by atoms with Gasteiger partial charge in [-0.2, -0.15) is 0 Å². The summed E-state index contributed by atoms with van der Waals surface area (Å²) in [6.45, 7) is 7.69. The fourth-order valence-electron chi connectivity index (χ4n) is 2.39. The third-order valence-electron chi connectivity index (χ3n) is 3.80. The van der Waals surface area contributed by atoms with Crippen molar-refractivity contribution in [3.63, 3.8) is 0 Å². The molecule has 2 rings (SSSR count). The molecule has 0 unspecified atom stereocenters. The van der Waals surface area contributed by atoms with Crippen LogP contribution in [0.5, 0.6) is 0 Å². The molecule has 0 radical (unpaired) electrons. The van der Waals surface area contributed by atoms with Gasteiger partial charge < -0.3 is 10.2 Å². The molecule has 0 saturated carbocycles. The zero-order valence-electron chi connectivity index (χ0n) is 15.0. The minimum absolute atomic E-state index is 0.127. The first-order valence-corrected chi connectivity index (χ1v) is 8.57. The molecule has 0 aliphatic rings. The van der Waals surface area contributed by atoms with E-state index in [-0.39, 0.29) is 11.8 Å². The number of pyridine rings is 1. The van der Waals surface area contributed by atoms with Crippen LogP contribution in [-0.4, -0.2) is 34.8 Å². The molecule has 1 heterocycles. The standard InChI is InChI=1S/C20H25N3O2/c1-4-23(14-16-8-6-5-7-9-16)20(25)18-10-17(12-21-13-18)19(24)22-11-15(2)3/h5-10,12-13,15H,4,11,14H2,1-3H3,(H,22,24). The lowest BCUT2D eigenvalue weighted by molar-refractivity contribution is 0.0752. The SMILES string of the molecule is CCN(Cc1ccccc1)C(=O)c1cncc(C(=O)NCC(C)C)c1. The van der Waals surface area contributed by atoms with Crippen molar-refractivity contribution in [3.8, 4) is 0 Å². The number of hydrogen-bond acceptors (Lipinski definition) is 3. The molecule has 132 valence electrons. The molecule has 0 saturated heterocycles. The van der Waals surface area contributed by atoms with Gasteiger partial charge in [-0.1, -0.05) is 44.2 Å². The summed E-state index contributed by atoms with van der Waals surface area (Å²) in [7, 11) is 0. The van der Waals surface area contributed by atoms with Crippen LogP contribution in [-0.2, 0) is 6.54 Å². The van der Waals surface area contributed by atoms with Gasteiger partial charge in [0.15, 0.2) is 0 Å². The molecule has 0 aliphatic heterocycles. The first kappa shape index (κ1) is 18.6. The third-order valence-corrected chi connectivity index (χ3v) is 3.80. The van der Waals surface area contributed by atoms with Crippen molar-refractivity contribution in [1.29, 1.82) is 0 Å². The van der Waals surface area contributed by atoms with Crippen molar-refractivity contribution in [1.82, 2.24) is 15.2 Å².